The fourth-order valence-corrected chi connectivity index (χ4v) is 6.56. The first-order chi connectivity index (χ1) is 16.0. The maximum atomic E-state index is 12.5. The van der Waals surface area contributed by atoms with Gasteiger partial charge in [0.15, 0.2) is 23.9 Å². The Morgan fingerprint density at radius 2 is 2.18 bits per heavy atom. The highest BCUT2D eigenvalue weighted by atomic mass is 35.5. The fraction of sp³-hybridized carbons (Fsp3) is 0.652. The van der Waals surface area contributed by atoms with E-state index in [0.29, 0.717) is 23.5 Å². The molecule has 5 rings (SSSR count). The van der Waals surface area contributed by atoms with Crippen molar-refractivity contribution in [2.45, 2.75) is 62.2 Å². The lowest BCUT2D eigenvalue weighted by molar-refractivity contribution is -0.152. The molecule has 1 spiro atoms. The number of carbonyl (C=O) groups excluding carboxylic acids is 1. The van der Waals surface area contributed by atoms with Crippen molar-refractivity contribution in [3.63, 3.8) is 0 Å². The summed E-state index contributed by atoms with van der Waals surface area (Å²) < 4.78 is 13.4. The smallest absolute Gasteiger partial charge is 0.261 e. The summed E-state index contributed by atoms with van der Waals surface area (Å²) in [6, 6.07) is 0.451. The van der Waals surface area contributed by atoms with Gasteiger partial charge in [-0.2, -0.15) is 0 Å². The predicted octanol–water partition coefficient (Wildman–Crippen LogP) is 3.35. The Labute approximate surface area is 210 Å². The second kappa shape index (κ2) is 10.3. The Morgan fingerprint density at radius 1 is 1.32 bits per heavy atom. The summed E-state index contributed by atoms with van der Waals surface area (Å²) in [5, 5.41) is 13.3. The van der Waals surface area contributed by atoms with E-state index in [1.165, 1.54) is 6.39 Å². The van der Waals surface area contributed by atoms with Crippen LogP contribution in [0.25, 0.3) is 11.6 Å². The molecular formula is C23H33ClN6O3S. The van der Waals surface area contributed by atoms with Crippen molar-refractivity contribution >= 4 is 30.1 Å². The van der Waals surface area contributed by atoms with Crippen LogP contribution in [-0.4, -0.2) is 68.1 Å². The van der Waals surface area contributed by atoms with Crippen LogP contribution < -0.4 is 5.32 Å². The molecule has 34 heavy (non-hydrogen) atoms. The van der Waals surface area contributed by atoms with Gasteiger partial charge in [0.25, 0.3) is 5.91 Å². The molecule has 2 aliphatic heterocycles. The minimum Gasteiger partial charge on any atom is -0.486 e. The number of thioether (sulfide) groups is 1. The van der Waals surface area contributed by atoms with Gasteiger partial charge in [-0.05, 0) is 64.0 Å². The summed E-state index contributed by atoms with van der Waals surface area (Å²) >= 11 is 1.72. The van der Waals surface area contributed by atoms with Gasteiger partial charge in [0.2, 0.25) is 5.82 Å². The van der Waals surface area contributed by atoms with E-state index in [-0.39, 0.29) is 30.5 Å². The Morgan fingerprint density at radius 3 is 2.97 bits per heavy atom. The van der Waals surface area contributed by atoms with Crippen molar-refractivity contribution in [2.75, 3.05) is 26.0 Å². The van der Waals surface area contributed by atoms with E-state index in [1.54, 1.807) is 11.8 Å². The molecule has 186 valence electrons. The molecule has 2 aromatic heterocycles. The van der Waals surface area contributed by atoms with Crippen molar-refractivity contribution in [1.29, 1.82) is 0 Å². The SMILES string of the molecule is Cc1ncoc1-c1nnc(SCCCC2CC3CCC=C4OCC(=O)N(C)C43CCN2)n1C.Cl. The number of allylic oxidation sites excluding steroid dienone is 1. The molecule has 9 nitrogen and oxygen atoms in total. The molecule has 0 aromatic carbocycles. The third-order valence-electron chi connectivity index (χ3n) is 7.49. The average Bonchev–Trinajstić information content (AvgIpc) is 3.32. The number of aryl methyl sites for hydroxylation is 1. The Hall–Kier alpha value is -2.04. The van der Waals surface area contributed by atoms with Crippen LogP contribution in [0.1, 0.15) is 44.2 Å². The number of likely N-dealkylation sites (N-methyl/N-ethyl adjacent to an activating group) is 1. The van der Waals surface area contributed by atoms with E-state index in [1.807, 2.05) is 30.5 Å². The Kier molecular flexibility index (Phi) is 7.59. The van der Waals surface area contributed by atoms with E-state index in [9.17, 15) is 4.79 Å². The van der Waals surface area contributed by atoms with E-state index < -0.39 is 0 Å². The molecule has 3 atom stereocenters. The van der Waals surface area contributed by atoms with Crippen LogP contribution in [0.2, 0.25) is 0 Å². The molecule has 2 aromatic rings. The first-order valence-corrected chi connectivity index (χ1v) is 12.8. The first kappa shape index (κ1) is 25.1. The molecule has 2 saturated heterocycles. The molecule has 0 saturated carbocycles. The van der Waals surface area contributed by atoms with Gasteiger partial charge in [-0.3, -0.25) is 4.79 Å². The van der Waals surface area contributed by atoms with Gasteiger partial charge in [-0.1, -0.05) is 11.8 Å². The van der Waals surface area contributed by atoms with Crippen molar-refractivity contribution in [2.24, 2.45) is 13.0 Å². The van der Waals surface area contributed by atoms with Crippen LogP contribution in [0.5, 0.6) is 0 Å². The average molecular weight is 509 g/mol. The summed E-state index contributed by atoms with van der Waals surface area (Å²) in [6.07, 6.45) is 9.97. The number of amides is 1. The number of morpholine rings is 1. The highest BCUT2D eigenvalue weighted by Gasteiger charge is 2.53. The molecule has 0 bridgehead atoms. The van der Waals surface area contributed by atoms with Crippen LogP contribution in [0, 0.1) is 12.8 Å². The summed E-state index contributed by atoms with van der Waals surface area (Å²) in [5.41, 5.74) is 0.550. The van der Waals surface area contributed by atoms with Crippen molar-refractivity contribution in [1.82, 2.24) is 30.0 Å². The van der Waals surface area contributed by atoms with Gasteiger partial charge in [0.1, 0.15) is 11.3 Å². The van der Waals surface area contributed by atoms with E-state index in [2.05, 4.69) is 26.6 Å². The Bertz CT molecular complexity index is 1060. The molecule has 1 aliphatic carbocycles. The van der Waals surface area contributed by atoms with Crippen LogP contribution >= 0.6 is 24.2 Å². The number of carbonyl (C=O) groups is 1. The lowest BCUT2D eigenvalue weighted by atomic mass is 9.70. The lowest BCUT2D eigenvalue weighted by Crippen LogP contribution is -2.61. The zero-order valence-electron chi connectivity index (χ0n) is 20.0. The minimum atomic E-state index is -0.266. The van der Waals surface area contributed by atoms with Crippen LogP contribution in [0.15, 0.2) is 27.8 Å². The van der Waals surface area contributed by atoms with Gasteiger partial charge < -0.3 is 23.9 Å². The second-order valence-electron chi connectivity index (χ2n) is 9.27. The third-order valence-corrected chi connectivity index (χ3v) is 8.60. The van der Waals surface area contributed by atoms with Gasteiger partial charge >= 0.3 is 0 Å². The Balaban J connectivity index is 0.00000274. The van der Waals surface area contributed by atoms with E-state index in [4.69, 9.17) is 9.15 Å². The number of oxazole rings is 1. The molecule has 3 aliphatic rings. The molecule has 2 fully saturated rings. The monoisotopic (exact) mass is 508 g/mol. The van der Waals surface area contributed by atoms with Gasteiger partial charge in [0.05, 0.1) is 5.69 Å². The fourth-order valence-electron chi connectivity index (χ4n) is 5.68. The van der Waals surface area contributed by atoms with Gasteiger partial charge in [-0.15, -0.1) is 22.6 Å². The van der Waals surface area contributed by atoms with Gasteiger partial charge in [0, 0.05) is 25.9 Å². The van der Waals surface area contributed by atoms with E-state index in [0.717, 1.165) is 67.4 Å². The molecule has 4 heterocycles. The highest BCUT2D eigenvalue weighted by molar-refractivity contribution is 7.99. The van der Waals surface area contributed by atoms with Crippen molar-refractivity contribution in [3.8, 4) is 11.6 Å². The topological polar surface area (TPSA) is 98.3 Å². The summed E-state index contributed by atoms with van der Waals surface area (Å²) in [4.78, 5) is 18.6. The highest BCUT2D eigenvalue weighted by Crippen LogP contribution is 2.47. The summed E-state index contributed by atoms with van der Waals surface area (Å²) in [6.45, 7) is 2.98. The summed E-state index contributed by atoms with van der Waals surface area (Å²) in [7, 11) is 3.92. The number of halogens is 1. The van der Waals surface area contributed by atoms with Crippen molar-refractivity contribution in [3.05, 3.63) is 23.9 Å². The van der Waals surface area contributed by atoms with Crippen LogP contribution in [0.4, 0.5) is 0 Å². The molecule has 1 N–H and O–H groups in total. The normalized spacial score (nSPS) is 26.6. The molecule has 0 radical (unpaired) electrons. The second-order valence-corrected chi connectivity index (χ2v) is 10.3. The number of hydrogen-bond donors (Lipinski definition) is 1. The third kappa shape index (κ3) is 4.35. The van der Waals surface area contributed by atoms with Crippen molar-refractivity contribution < 1.29 is 13.9 Å². The minimum absolute atomic E-state index is 0. The zero-order chi connectivity index (χ0) is 23.0. The molecular weight excluding hydrogens is 476 g/mol. The van der Waals surface area contributed by atoms with Crippen LogP contribution in [0.3, 0.4) is 0 Å². The number of rotatable bonds is 6. The van der Waals surface area contributed by atoms with E-state index >= 15 is 0 Å². The maximum absolute atomic E-state index is 12.5. The largest absolute Gasteiger partial charge is 0.486 e. The predicted molar refractivity (Wildman–Crippen MR) is 132 cm³/mol. The number of ether oxygens (including phenoxy) is 1. The number of nitrogens with one attached hydrogen (secondary N) is 1. The maximum Gasteiger partial charge on any atom is 0.261 e. The first-order valence-electron chi connectivity index (χ1n) is 11.8. The lowest BCUT2D eigenvalue weighted by Gasteiger charge is -2.52. The molecule has 3 unspecified atom stereocenters. The van der Waals surface area contributed by atoms with Crippen LogP contribution in [-0.2, 0) is 16.6 Å². The zero-order valence-corrected chi connectivity index (χ0v) is 21.6. The summed E-state index contributed by atoms with van der Waals surface area (Å²) in [5.74, 6) is 3.91. The number of nitrogens with zero attached hydrogens (tertiary/aromatic N) is 5. The number of aromatic nitrogens is 4. The quantitative estimate of drug-likeness (QED) is 0.468. The standard InChI is InChI=1S/C23H32N6O3S.ClH/c1-15-20(32-14-25-15)21-26-27-22(28(21)2)33-11-5-7-17-12-16-6-4-8-18-23(16,9-10-24-17)29(3)19(30)13-31-18;/h8,14,16-17,24H,4-7,9-13H2,1-3H3;1H. The molecule has 1 amide bonds. The molecule has 11 heteroatoms. The number of hydrogen-bond acceptors (Lipinski definition) is 8. The van der Waals surface area contributed by atoms with Gasteiger partial charge in [-0.25, -0.2) is 4.98 Å².